The van der Waals surface area contributed by atoms with Gasteiger partial charge in [-0.3, -0.25) is 43.6 Å². The number of aliphatic carboxylic acids is 3. The number of rotatable bonds is 29. The molecule has 1 aromatic heterocycles. The molecule has 24 heteroatoms. The second kappa shape index (κ2) is 34.8. The Hall–Kier alpha value is -6.25. The number of hydrogen-bond acceptors (Lipinski definition) is 18. The Morgan fingerprint density at radius 1 is 0.741 bits per heavy atom. The van der Waals surface area contributed by atoms with E-state index in [2.05, 4.69) is 87.5 Å². The predicted molar refractivity (Wildman–Crippen MR) is 323 cm³/mol. The summed E-state index contributed by atoms with van der Waals surface area (Å²) in [6.07, 6.45) is 6.00. The van der Waals surface area contributed by atoms with Crippen LogP contribution < -0.4 is 25.0 Å². The molecule has 24 nitrogen and oxygen atoms in total. The Morgan fingerprint density at radius 2 is 1.31 bits per heavy atom. The number of benzene rings is 2. The SMILES string of the molecule is COc1cccc(OC)c1-c1cc(C(=O)NC2(CO)C(C)CC3CC(C)CC2C3)nn1-c1ccc(N(C)CCCN(C)C)cc1C(C)C.O=CCOCCOCCNC(=O)CN1CCN(CC(=O)O)CCN(CC(=O)O)CCN(CC(=O)O)CC1. The van der Waals surface area contributed by atoms with Gasteiger partial charge in [-0.25, -0.2) is 4.68 Å². The number of amides is 2. The highest BCUT2D eigenvalue weighted by atomic mass is 16.5. The smallest absolute Gasteiger partial charge is 0.317 e. The van der Waals surface area contributed by atoms with Crippen LogP contribution in [0.3, 0.4) is 0 Å². The molecular formula is C61H96N10O14. The fourth-order valence-electron chi connectivity index (χ4n) is 12.1. The van der Waals surface area contributed by atoms with E-state index in [1.54, 1.807) is 28.9 Å². The van der Waals surface area contributed by atoms with E-state index in [4.69, 9.17) is 24.0 Å². The molecule has 6 N–H and O–H groups in total. The van der Waals surface area contributed by atoms with Gasteiger partial charge in [0.1, 0.15) is 24.4 Å². The number of aromatic nitrogens is 2. The molecular weight excluding hydrogens is 1100 g/mol. The van der Waals surface area contributed by atoms with Crippen LogP contribution in [0.1, 0.15) is 81.8 Å². The maximum atomic E-state index is 14.3. The molecule has 1 saturated heterocycles. The van der Waals surface area contributed by atoms with Crippen molar-refractivity contribution in [3.8, 4) is 28.4 Å². The Kier molecular flexibility index (Phi) is 28.4. The highest BCUT2D eigenvalue weighted by Crippen LogP contribution is 2.50. The van der Waals surface area contributed by atoms with Gasteiger partial charge in [0.2, 0.25) is 5.91 Å². The summed E-state index contributed by atoms with van der Waals surface area (Å²) in [7, 11) is 9.62. The summed E-state index contributed by atoms with van der Waals surface area (Å²) in [6.45, 7) is 13.8. The van der Waals surface area contributed by atoms with Gasteiger partial charge >= 0.3 is 17.9 Å². The predicted octanol–water partition coefficient (Wildman–Crippen LogP) is 3.43. The highest BCUT2D eigenvalue weighted by molar-refractivity contribution is 5.95. The summed E-state index contributed by atoms with van der Waals surface area (Å²) in [5.74, 6) is -0.502. The molecule has 2 amide bonds. The second-order valence-electron chi connectivity index (χ2n) is 23.5. The van der Waals surface area contributed by atoms with E-state index < -0.39 is 23.4 Å². The Labute approximate surface area is 501 Å². The van der Waals surface area contributed by atoms with Crippen LogP contribution in [0.15, 0.2) is 42.5 Å². The van der Waals surface area contributed by atoms with E-state index >= 15 is 0 Å². The van der Waals surface area contributed by atoms with Crippen molar-refractivity contribution >= 4 is 41.7 Å². The van der Waals surface area contributed by atoms with Gasteiger partial charge in [0.15, 0.2) is 5.69 Å². The van der Waals surface area contributed by atoms with Crippen LogP contribution in [-0.2, 0) is 33.4 Å². The number of nitrogens with zero attached hydrogens (tertiary/aromatic N) is 8. The molecule has 474 valence electrons. The van der Waals surface area contributed by atoms with Crippen LogP contribution in [-0.4, -0.2) is 263 Å². The summed E-state index contributed by atoms with van der Waals surface area (Å²) in [6, 6.07) is 14.0. The van der Waals surface area contributed by atoms with E-state index in [-0.39, 0.29) is 88.7 Å². The van der Waals surface area contributed by atoms with Gasteiger partial charge in [0.05, 0.1) is 89.3 Å². The van der Waals surface area contributed by atoms with Crippen LogP contribution >= 0.6 is 0 Å². The van der Waals surface area contributed by atoms with E-state index in [0.717, 1.165) is 61.3 Å². The zero-order valence-electron chi connectivity index (χ0n) is 51.6. The van der Waals surface area contributed by atoms with Crippen molar-refractivity contribution in [2.75, 3.05) is 171 Å². The summed E-state index contributed by atoms with van der Waals surface area (Å²) in [4.78, 5) is 82.3. The summed E-state index contributed by atoms with van der Waals surface area (Å²) in [5.41, 5.74) is 4.18. The number of fused-ring (bicyclic) bond motifs is 2. The first-order valence-corrected chi connectivity index (χ1v) is 29.8. The lowest BCUT2D eigenvalue weighted by atomic mass is 9.56. The van der Waals surface area contributed by atoms with Crippen molar-refractivity contribution in [2.24, 2.45) is 23.7 Å². The monoisotopic (exact) mass is 1190 g/mol. The molecule has 2 aromatic carbocycles. The Morgan fingerprint density at radius 3 is 1.82 bits per heavy atom. The molecule has 2 heterocycles. The van der Waals surface area contributed by atoms with Gasteiger partial charge in [0, 0.05) is 78.2 Å². The number of aliphatic hydroxyl groups excluding tert-OH is 1. The molecule has 1 aliphatic heterocycles. The van der Waals surface area contributed by atoms with Gasteiger partial charge in [-0.15, -0.1) is 0 Å². The van der Waals surface area contributed by atoms with Crippen molar-refractivity contribution in [1.82, 2.24) is 44.9 Å². The molecule has 5 unspecified atom stereocenters. The lowest BCUT2D eigenvalue weighted by Crippen LogP contribution is -2.64. The van der Waals surface area contributed by atoms with Crippen LogP contribution in [0.25, 0.3) is 16.9 Å². The molecule has 5 atom stereocenters. The third-order valence-corrected chi connectivity index (χ3v) is 16.5. The number of aliphatic hydroxyl groups is 1. The normalized spacial score (nSPS) is 21.0. The number of anilines is 1. The molecule has 2 bridgehead atoms. The highest BCUT2D eigenvalue weighted by Gasteiger charge is 2.51. The van der Waals surface area contributed by atoms with E-state index in [1.807, 2.05) is 33.8 Å². The van der Waals surface area contributed by atoms with E-state index in [0.29, 0.717) is 100.0 Å². The van der Waals surface area contributed by atoms with Crippen molar-refractivity contribution < 1.29 is 68.1 Å². The second-order valence-corrected chi connectivity index (χ2v) is 23.5. The first kappa shape index (κ1) is 69.5. The van der Waals surface area contributed by atoms with Gasteiger partial charge < -0.3 is 64.6 Å². The summed E-state index contributed by atoms with van der Waals surface area (Å²) in [5, 5.41) is 49.8. The van der Waals surface area contributed by atoms with Crippen molar-refractivity contribution in [3.63, 3.8) is 0 Å². The van der Waals surface area contributed by atoms with Gasteiger partial charge in [-0.2, -0.15) is 5.10 Å². The average molecular weight is 1190 g/mol. The number of hydrogen-bond donors (Lipinski definition) is 6. The number of carboxylic acids is 3. The van der Waals surface area contributed by atoms with Gasteiger partial charge in [0.25, 0.3) is 5.91 Å². The minimum atomic E-state index is -1.02. The van der Waals surface area contributed by atoms with Crippen LogP contribution in [0, 0.1) is 23.7 Å². The van der Waals surface area contributed by atoms with Crippen LogP contribution in [0.2, 0.25) is 0 Å². The fraction of sp³-hybridized carbons (Fsp3) is 0.656. The minimum absolute atomic E-state index is 0.00427. The number of carbonyl (C=O) groups is 6. The van der Waals surface area contributed by atoms with Crippen LogP contribution in [0.4, 0.5) is 5.69 Å². The fourth-order valence-corrected chi connectivity index (χ4v) is 12.1. The standard InChI is InChI=1S/C39H57N5O4.C22H39N5O10/c1-25(2)31-22-30(43(7)17-11-16-42(5)6)14-15-33(31)44-34(37-35(47-8)12-10-13-36(37)48-9)23-32(41-44)38(46)40-39(24-45)27(4)20-28-18-26(3)19-29(39)21-28;28-10-12-37-14-13-36-11-1-23-19(29)15-24-2-4-25(16-20(30)31)6-8-27(18-22(34)35)9-7-26(5-3-24)17-21(32)33/h10,12-15,22-23,25-29,45H,11,16-21,24H2,1-9H3,(H,40,46);10H,1-9,11-18H2,(H,23,29)(H,30,31)(H,32,33)(H,34,35). The third-order valence-electron chi connectivity index (χ3n) is 16.5. The molecule has 3 fully saturated rings. The number of nitrogens with one attached hydrogen (secondary N) is 2. The topological polar surface area (TPSA) is 282 Å². The number of ether oxygens (including phenoxy) is 4. The molecule has 0 radical (unpaired) electrons. The molecule has 2 saturated carbocycles. The zero-order valence-corrected chi connectivity index (χ0v) is 51.6. The third kappa shape index (κ3) is 21.3. The minimum Gasteiger partial charge on any atom is -0.496 e. The van der Waals surface area contributed by atoms with Crippen molar-refractivity contribution in [1.29, 1.82) is 0 Å². The van der Waals surface area contributed by atoms with E-state index in [1.165, 1.54) is 6.42 Å². The number of methoxy groups -OCH3 is 2. The summed E-state index contributed by atoms with van der Waals surface area (Å²) >= 11 is 0. The van der Waals surface area contributed by atoms with Gasteiger partial charge in [-0.05, 0) is 124 Å². The maximum Gasteiger partial charge on any atom is 0.317 e. The quantitative estimate of drug-likeness (QED) is 0.0429. The molecule has 3 aromatic rings. The van der Waals surface area contributed by atoms with Crippen LogP contribution in [0.5, 0.6) is 11.5 Å². The average Bonchev–Trinajstić information content (AvgIpc) is 4.17. The lowest BCUT2D eigenvalue weighted by Gasteiger charge is -2.54. The molecule has 6 rings (SSSR count). The maximum absolute atomic E-state index is 14.3. The van der Waals surface area contributed by atoms with E-state index in [9.17, 15) is 49.2 Å². The number of aldehydes is 1. The Balaban J connectivity index is 0.000000323. The van der Waals surface area contributed by atoms with Gasteiger partial charge in [-0.1, -0.05) is 33.8 Å². The zero-order chi connectivity index (χ0) is 62.2. The molecule has 0 spiro atoms. The number of carbonyl (C=O) groups excluding carboxylic acids is 3. The first-order chi connectivity index (χ1) is 40.6. The molecule has 3 aliphatic rings. The van der Waals surface area contributed by atoms with Crippen molar-refractivity contribution in [2.45, 2.75) is 71.3 Å². The summed E-state index contributed by atoms with van der Waals surface area (Å²) < 4.78 is 23.8. The van der Waals surface area contributed by atoms with Crippen molar-refractivity contribution in [3.05, 3.63) is 53.7 Å². The Bertz CT molecular complexity index is 2560. The molecule has 85 heavy (non-hydrogen) atoms. The lowest BCUT2D eigenvalue weighted by molar-refractivity contribution is -0.140. The first-order valence-electron chi connectivity index (χ1n) is 29.8. The number of carboxylic acid groups (broad SMARTS) is 3. The molecule has 2 aliphatic carbocycles. The largest absolute Gasteiger partial charge is 0.496 e.